The summed E-state index contributed by atoms with van der Waals surface area (Å²) in [6.45, 7) is 5.37. The number of aryl methyl sites for hydroxylation is 1. The fourth-order valence-corrected chi connectivity index (χ4v) is 4.60. The quantitative estimate of drug-likeness (QED) is 0.362. The molecule has 0 amide bonds. The van der Waals surface area contributed by atoms with Crippen LogP contribution in [0.15, 0.2) is 42.6 Å². The van der Waals surface area contributed by atoms with Crippen LogP contribution in [0, 0.1) is 11.8 Å². The highest BCUT2D eigenvalue weighted by atomic mass is 16.5. The average molecular weight is 394 g/mol. The Morgan fingerprint density at radius 3 is 2.48 bits per heavy atom. The highest BCUT2D eigenvalue weighted by Crippen LogP contribution is 2.33. The molecule has 1 fully saturated rings. The Balaban J connectivity index is 1.45. The van der Waals surface area contributed by atoms with Crippen molar-refractivity contribution in [2.75, 3.05) is 6.61 Å². The molecule has 1 aliphatic rings. The van der Waals surface area contributed by atoms with Gasteiger partial charge in [-0.1, -0.05) is 83.1 Å². The van der Waals surface area contributed by atoms with Crippen molar-refractivity contribution in [3.63, 3.8) is 0 Å². The number of aromatic nitrogens is 1. The third-order valence-electron chi connectivity index (χ3n) is 6.56. The van der Waals surface area contributed by atoms with Crippen molar-refractivity contribution in [3.05, 3.63) is 48.2 Å². The van der Waals surface area contributed by atoms with E-state index in [1.165, 1.54) is 75.3 Å². The largest absolute Gasteiger partial charge is 0.492 e. The van der Waals surface area contributed by atoms with Gasteiger partial charge in [0.25, 0.3) is 0 Å². The molecule has 1 saturated carbocycles. The Labute approximate surface area is 178 Å². The summed E-state index contributed by atoms with van der Waals surface area (Å²) in [5.41, 5.74) is 3.67. The average Bonchev–Trinajstić information content (AvgIpc) is 2.78. The first-order valence-corrected chi connectivity index (χ1v) is 12.0. The van der Waals surface area contributed by atoms with Crippen molar-refractivity contribution in [2.45, 2.75) is 84.5 Å². The summed E-state index contributed by atoms with van der Waals surface area (Å²) in [7, 11) is 0. The van der Waals surface area contributed by atoms with Crippen LogP contribution in [0.5, 0.6) is 5.75 Å². The highest BCUT2D eigenvalue weighted by Gasteiger charge is 2.20. The molecule has 2 nitrogen and oxygen atoms in total. The summed E-state index contributed by atoms with van der Waals surface area (Å²) in [5.74, 6) is 2.79. The second kappa shape index (κ2) is 12.0. The standard InChI is InChI=1S/C27H39NO/c1-3-5-6-7-19-29-26-17-18-27(28-21-26)25-15-13-23(14-16-25)11-12-24-10-8-9-22(4-2)20-24/h13-18,21-22,24H,3-12,19-20H2,1-2H3. The number of hydrogen-bond donors (Lipinski definition) is 0. The van der Waals surface area contributed by atoms with Crippen molar-refractivity contribution in [1.29, 1.82) is 0 Å². The molecule has 2 atom stereocenters. The van der Waals surface area contributed by atoms with Gasteiger partial charge in [0.05, 0.1) is 18.5 Å². The molecule has 0 N–H and O–H groups in total. The molecule has 29 heavy (non-hydrogen) atoms. The molecule has 0 spiro atoms. The summed E-state index contributed by atoms with van der Waals surface area (Å²) >= 11 is 0. The minimum absolute atomic E-state index is 0.787. The molecule has 1 heterocycles. The molecule has 1 aliphatic carbocycles. The van der Waals surface area contributed by atoms with Gasteiger partial charge in [0.15, 0.2) is 0 Å². The zero-order valence-electron chi connectivity index (χ0n) is 18.5. The van der Waals surface area contributed by atoms with Gasteiger partial charge in [0, 0.05) is 5.56 Å². The van der Waals surface area contributed by atoms with Gasteiger partial charge in [-0.05, 0) is 55.2 Å². The van der Waals surface area contributed by atoms with E-state index in [2.05, 4.69) is 49.2 Å². The van der Waals surface area contributed by atoms with E-state index in [0.717, 1.165) is 36.3 Å². The second-order valence-corrected chi connectivity index (χ2v) is 8.83. The number of hydrogen-bond acceptors (Lipinski definition) is 2. The lowest BCUT2D eigenvalue weighted by molar-refractivity contribution is 0.250. The summed E-state index contributed by atoms with van der Waals surface area (Å²) in [5, 5.41) is 0. The van der Waals surface area contributed by atoms with Crippen LogP contribution in [0.3, 0.4) is 0 Å². The molecule has 3 rings (SSSR count). The van der Waals surface area contributed by atoms with E-state index in [1.807, 2.05) is 12.3 Å². The molecule has 0 saturated heterocycles. The molecule has 1 aromatic carbocycles. The fourth-order valence-electron chi connectivity index (χ4n) is 4.60. The SMILES string of the molecule is CCCCCCOc1ccc(-c2ccc(CCC3CCCC(CC)C3)cc2)nc1. The second-order valence-electron chi connectivity index (χ2n) is 8.83. The van der Waals surface area contributed by atoms with Crippen LogP contribution >= 0.6 is 0 Å². The molecular formula is C27H39NO. The monoisotopic (exact) mass is 393 g/mol. The molecule has 2 unspecified atom stereocenters. The Hall–Kier alpha value is -1.83. The number of unbranched alkanes of at least 4 members (excludes halogenated alkanes) is 3. The fraction of sp³-hybridized carbons (Fsp3) is 0.593. The first kappa shape index (κ1) is 21.9. The smallest absolute Gasteiger partial charge is 0.137 e. The molecular weight excluding hydrogens is 354 g/mol. The van der Waals surface area contributed by atoms with E-state index in [1.54, 1.807) is 0 Å². The lowest BCUT2D eigenvalue weighted by atomic mass is 9.78. The van der Waals surface area contributed by atoms with E-state index < -0.39 is 0 Å². The van der Waals surface area contributed by atoms with Crippen LogP contribution in [0.25, 0.3) is 11.3 Å². The van der Waals surface area contributed by atoms with Crippen molar-refractivity contribution in [1.82, 2.24) is 4.98 Å². The minimum atomic E-state index is 0.787. The van der Waals surface area contributed by atoms with Crippen LogP contribution in [0.1, 0.15) is 83.6 Å². The van der Waals surface area contributed by atoms with Gasteiger partial charge >= 0.3 is 0 Å². The van der Waals surface area contributed by atoms with E-state index in [0.29, 0.717) is 0 Å². The van der Waals surface area contributed by atoms with E-state index in [4.69, 9.17) is 4.74 Å². The zero-order valence-corrected chi connectivity index (χ0v) is 18.5. The molecule has 1 aromatic heterocycles. The first-order valence-electron chi connectivity index (χ1n) is 12.0. The Morgan fingerprint density at radius 1 is 0.931 bits per heavy atom. The molecule has 158 valence electrons. The van der Waals surface area contributed by atoms with Crippen molar-refractivity contribution < 1.29 is 4.74 Å². The normalized spacial score (nSPS) is 19.2. The number of benzene rings is 1. The number of nitrogens with zero attached hydrogens (tertiary/aromatic N) is 1. The lowest BCUT2D eigenvalue weighted by Gasteiger charge is -2.28. The summed E-state index contributed by atoms with van der Waals surface area (Å²) in [6, 6.07) is 13.1. The van der Waals surface area contributed by atoms with E-state index >= 15 is 0 Å². The Bertz CT molecular complexity index is 691. The van der Waals surface area contributed by atoms with Gasteiger partial charge < -0.3 is 4.74 Å². The maximum Gasteiger partial charge on any atom is 0.137 e. The number of ether oxygens (including phenoxy) is 1. The van der Waals surface area contributed by atoms with Gasteiger partial charge in [-0.15, -0.1) is 0 Å². The molecule has 2 heteroatoms. The third-order valence-corrected chi connectivity index (χ3v) is 6.56. The van der Waals surface area contributed by atoms with Crippen LogP contribution in [0.2, 0.25) is 0 Å². The van der Waals surface area contributed by atoms with Gasteiger partial charge in [-0.3, -0.25) is 4.98 Å². The number of rotatable bonds is 11. The van der Waals surface area contributed by atoms with Crippen LogP contribution in [-0.4, -0.2) is 11.6 Å². The topological polar surface area (TPSA) is 22.1 Å². The summed E-state index contributed by atoms with van der Waals surface area (Å²) in [4.78, 5) is 4.61. The van der Waals surface area contributed by atoms with Crippen molar-refractivity contribution >= 4 is 0 Å². The Kier molecular flexibility index (Phi) is 9.05. The van der Waals surface area contributed by atoms with Crippen LogP contribution in [0.4, 0.5) is 0 Å². The number of pyridine rings is 1. The van der Waals surface area contributed by atoms with Crippen LogP contribution in [-0.2, 0) is 6.42 Å². The highest BCUT2D eigenvalue weighted by molar-refractivity contribution is 5.59. The molecule has 2 aromatic rings. The minimum Gasteiger partial charge on any atom is -0.492 e. The van der Waals surface area contributed by atoms with Crippen molar-refractivity contribution in [3.8, 4) is 17.0 Å². The first-order chi connectivity index (χ1) is 14.3. The molecule has 0 aliphatic heterocycles. The van der Waals surface area contributed by atoms with E-state index in [9.17, 15) is 0 Å². The van der Waals surface area contributed by atoms with Gasteiger partial charge in [0.1, 0.15) is 5.75 Å². The zero-order chi connectivity index (χ0) is 20.3. The maximum absolute atomic E-state index is 5.81. The van der Waals surface area contributed by atoms with Gasteiger partial charge in [0.2, 0.25) is 0 Å². The van der Waals surface area contributed by atoms with Crippen molar-refractivity contribution in [2.24, 2.45) is 11.8 Å². The molecule has 0 radical (unpaired) electrons. The van der Waals surface area contributed by atoms with E-state index in [-0.39, 0.29) is 0 Å². The van der Waals surface area contributed by atoms with Gasteiger partial charge in [-0.25, -0.2) is 0 Å². The predicted octanol–water partition coefficient (Wildman–Crippen LogP) is 7.86. The summed E-state index contributed by atoms with van der Waals surface area (Å²) < 4.78 is 5.81. The lowest BCUT2D eigenvalue weighted by Crippen LogP contribution is -2.15. The maximum atomic E-state index is 5.81. The summed E-state index contributed by atoms with van der Waals surface area (Å²) in [6.07, 6.45) is 16.5. The Morgan fingerprint density at radius 2 is 1.76 bits per heavy atom. The third kappa shape index (κ3) is 7.17. The predicted molar refractivity (Wildman–Crippen MR) is 123 cm³/mol. The molecule has 0 bridgehead atoms. The van der Waals surface area contributed by atoms with Crippen LogP contribution < -0.4 is 4.74 Å². The van der Waals surface area contributed by atoms with Gasteiger partial charge in [-0.2, -0.15) is 0 Å².